The molecular weight excluding hydrogens is 291 g/mol. The van der Waals surface area contributed by atoms with Gasteiger partial charge >= 0.3 is 18.1 Å². The Morgan fingerprint density at radius 3 is 2.57 bits per heavy atom. The molecule has 0 atom stereocenters. The summed E-state index contributed by atoms with van der Waals surface area (Å²) < 4.78 is 38.2. The number of alkyl halides is 3. The van der Waals surface area contributed by atoms with Gasteiger partial charge in [-0.1, -0.05) is 0 Å². The zero-order chi connectivity index (χ0) is 15.8. The van der Waals surface area contributed by atoms with Crippen LogP contribution in [0.4, 0.5) is 19.1 Å². The van der Waals surface area contributed by atoms with E-state index in [1.165, 1.54) is 22.8 Å². The Labute approximate surface area is 116 Å². The van der Waals surface area contributed by atoms with Gasteiger partial charge in [-0.3, -0.25) is 10.1 Å². The Hall–Kier alpha value is -2.58. The highest BCUT2D eigenvalue weighted by molar-refractivity contribution is 5.96. The molecule has 0 aliphatic carbocycles. The molecule has 0 saturated carbocycles. The Morgan fingerprint density at radius 1 is 1.38 bits per heavy atom. The Balaban J connectivity index is 2.49. The number of benzene rings is 1. The maximum atomic E-state index is 12.3. The topological polar surface area (TPSA) is 84.2 Å². The lowest BCUT2D eigenvalue weighted by Gasteiger charge is -2.09. The number of rotatable bonds is 3. The number of carbonyl (C=O) groups is 2. The summed E-state index contributed by atoms with van der Waals surface area (Å²) in [6.07, 6.45) is -5.02. The molecule has 1 aromatic heterocycles. The third-order valence-corrected chi connectivity index (χ3v) is 2.79. The van der Waals surface area contributed by atoms with E-state index in [1.54, 1.807) is 12.2 Å². The average Bonchev–Trinajstić information content (AvgIpc) is 2.73. The summed E-state index contributed by atoms with van der Waals surface area (Å²) in [5, 5.41) is 10.6. The smallest absolute Gasteiger partial charge is 0.471 e. The van der Waals surface area contributed by atoms with Gasteiger partial charge in [0.25, 0.3) is 0 Å². The zero-order valence-electron chi connectivity index (χ0n) is 10.7. The Morgan fingerprint density at radius 2 is 2.05 bits per heavy atom. The van der Waals surface area contributed by atoms with Crippen molar-refractivity contribution in [3.8, 4) is 0 Å². The molecule has 21 heavy (non-hydrogen) atoms. The minimum atomic E-state index is -5.02. The van der Waals surface area contributed by atoms with E-state index >= 15 is 0 Å². The first kappa shape index (κ1) is 14.8. The second kappa shape index (κ2) is 5.08. The third-order valence-electron chi connectivity index (χ3n) is 2.79. The first-order valence-corrected chi connectivity index (χ1v) is 5.85. The van der Waals surface area contributed by atoms with Crippen molar-refractivity contribution in [2.45, 2.75) is 19.6 Å². The van der Waals surface area contributed by atoms with Crippen LogP contribution in [-0.2, 0) is 11.3 Å². The minimum absolute atomic E-state index is 0.0445. The molecule has 0 fully saturated rings. The summed E-state index contributed by atoms with van der Waals surface area (Å²) in [5.41, 5.74) is 0.575. The number of carbonyl (C=O) groups excluding carboxylic acids is 1. The number of amides is 1. The molecule has 0 radical (unpaired) electrons. The second-order valence-corrected chi connectivity index (χ2v) is 4.14. The first-order valence-electron chi connectivity index (χ1n) is 5.85. The predicted molar refractivity (Wildman–Crippen MR) is 67.1 cm³/mol. The van der Waals surface area contributed by atoms with E-state index in [0.29, 0.717) is 5.52 Å². The quantitative estimate of drug-likeness (QED) is 0.910. The van der Waals surface area contributed by atoms with Crippen molar-refractivity contribution < 1.29 is 27.9 Å². The molecule has 9 heteroatoms. The highest BCUT2D eigenvalue weighted by Crippen LogP contribution is 2.23. The predicted octanol–water partition coefficient (Wildman–Crippen LogP) is 2.26. The van der Waals surface area contributed by atoms with Gasteiger partial charge in [0.1, 0.15) is 0 Å². The third kappa shape index (κ3) is 2.81. The number of hydrogen-bond donors (Lipinski definition) is 2. The molecule has 1 heterocycles. The summed E-state index contributed by atoms with van der Waals surface area (Å²) in [5.74, 6) is -3.59. The standard InChI is InChI=1S/C12H10F3N3O3/c1-2-18-8-4-3-6(9(19)20)5-7(8)16-11(18)17-10(21)12(13,14)15/h3-5H,2H2,1H3,(H,19,20)(H,16,17,21). The minimum Gasteiger partial charge on any atom is -0.478 e. The van der Waals surface area contributed by atoms with Crippen LogP contribution >= 0.6 is 0 Å². The lowest BCUT2D eigenvalue weighted by Crippen LogP contribution is -2.31. The molecule has 112 valence electrons. The maximum absolute atomic E-state index is 12.3. The van der Waals surface area contributed by atoms with Gasteiger partial charge in [-0.15, -0.1) is 0 Å². The molecule has 0 aliphatic rings. The molecule has 1 amide bonds. The maximum Gasteiger partial charge on any atom is 0.471 e. The number of carboxylic acids is 1. The molecule has 0 aliphatic heterocycles. The number of anilines is 1. The number of halogens is 3. The number of hydrogen-bond acceptors (Lipinski definition) is 3. The molecule has 0 unspecified atom stereocenters. The van der Waals surface area contributed by atoms with Crippen LogP contribution in [0, 0.1) is 0 Å². The van der Waals surface area contributed by atoms with Gasteiger partial charge in [-0.2, -0.15) is 13.2 Å². The summed E-state index contributed by atoms with van der Waals surface area (Å²) >= 11 is 0. The van der Waals surface area contributed by atoms with Crippen molar-refractivity contribution in [1.29, 1.82) is 0 Å². The highest BCUT2D eigenvalue weighted by Gasteiger charge is 2.39. The molecule has 1 aromatic carbocycles. The number of aromatic carboxylic acids is 1. The number of carboxylic acid groups (broad SMARTS) is 1. The second-order valence-electron chi connectivity index (χ2n) is 4.14. The van der Waals surface area contributed by atoms with Crippen LogP contribution < -0.4 is 5.32 Å². The Bertz CT molecular complexity index is 722. The SMILES string of the molecule is CCn1c(NC(=O)C(F)(F)F)nc2cc(C(=O)O)ccc21. The number of aryl methyl sites for hydroxylation is 1. The largest absolute Gasteiger partial charge is 0.478 e. The van der Waals surface area contributed by atoms with Crippen LogP contribution in [0.3, 0.4) is 0 Å². The number of imidazole rings is 1. The van der Waals surface area contributed by atoms with E-state index < -0.39 is 18.1 Å². The average molecular weight is 301 g/mol. The van der Waals surface area contributed by atoms with Crippen LogP contribution in [0.25, 0.3) is 11.0 Å². The van der Waals surface area contributed by atoms with Gasteiger partial charge in [0.05, 0.1) is 16.6 Å². The van der Waals surface area contributed by atoms with Gasteiger partial charge in [-0.25, -0.2) is 9.78 Å². The number of aromatic nitrogens is 2. The normalized spacial score (nSPS) is 11.6. The Kier molecular flexibility index (Phi) is 3.58. The molecule has 0 saturated heterocycles. The van der Waals surface area contributed by atoms with Crippen molar-refractivity contribution in [3.05, 3.63) is 23.8 Å². The monoisotopic (exact) mass is 301 g/mol. The fraction of sp³-hybridized carbons (Fsp3) is 0.250. The zero-order valence-corrected chi connectivity index (χ0v) is 10.7. The number of nitrogens with one attached hydrogen (secondary N) is 1. The summed E-state index contributed by atoms with van der Waals surface area (Å²) in [6, 6.07) is 3.97. The summed E-state index contributed by atoms with van der Waals surface area (Å²) in [7, 11) is 0. The fourth-order valence-electron chi connectivity index (χ4n) is 1.85. The van der Waals surface area contributed by atoms with Crippen LogP contribution in [0.15, 0.2) is 18.2 Å². The summed E-state index contributed by atoms with van der Waals surface area (Å²) in [6.45, 7) is 1.92. The van der Waals surface area contributed by atoms with Gasteiger partial charge in [-0.05, 0) is 25.1 Å². The van der Waals surface area contributed by atoms with Crippen LogP contribution in [0.1, 0.15) is 17.3 Å². The van der Waals surface area contributed by atoms with E-state index in [-0.39, 0.29) is 23.6 Å². The first-order chi connectivity index (χ1) is 9.74. The van der Waals surface area contributed by atoms with Crippen LogP contribution in [-0.4, -0.2) is 32.7 Å². The fourth-order valence-corrected chi connectivity index (χ4v) is 1.85. The van der Waals surface area contributed by atoms with Crippen LogP contribution in [0.5, 0.6) is 0 Å². The molecule has 2 aromatic rings. The van der Waals surface area contributed by atoms with E-state index in [2.05, 4.69) is 4.98 Å². The van der Waals surface area contributed by atoms with E-state index in [0.717, 1.165) is 0 Å². The number of fused-ring (bicyclic) bond motifs is 1. The molecule has 2 N–H and O–H groups in total. The van der Waals surface area contributed by atoms with Crippen LogP contribution in [0.2, 0.25) is 0 Å². The molecule has 6 nitrogen and oxygen atoms in total. The van der Waals surface area contributed by atoms with E-state index in [9.17, 15) is 22.8 Å². The van der Waals surface area contributed by atoms with Crippen molar-refractivity contribution in [2.24, 2.45) is 0 Å². The van der Waals surface area contributed by atoms with Crippen molar-refractivity contribution >= 4 is 28.9 Å². The van der Waals surface area contributed by atoms with Gasteiger partial charge in [0.2, 0.25) is 5.95 Å². The van der Waals surface area contributed by atoms with Crippen molar-refractivity contribution in [1.82, 2.24) is 9.55 Å². The molecule has 2 rings (SSSR count). The lowest BCUT2D eigenvalue weighted by molar-refractivity contribution is -0.167. The van der Waals surface area contributed by atoms with Gasteiger partial charge < -0.3 is 9.67 Å². The molecule has 0 spiro atoms. The lowest BCUT2D eigenvalue weighted by atomic mass is 10.2. The van der Waals surface area contributed by atoms with Crippen molar-refractivity contribution in [3.63, 3.8) is 0 Å². The number of nitrogens with zero attached hydrogens (tertiary/aromatic N) is 2. The molecule has 0 bridgehead atoms. The van der Waals surface area contributed by atoms with Gasteiger partial charge in [0.15, 0.2) is 0 Å². The van der Waals surface area contributed by atoms with E-state index in [4.69, 9.17) is 5.11 Å². The van der Waals surface area contributed by atoms with E-state index in [1.807, 2.05) is 0 Å². The molecular formula is C12H10F3N3O3. The van der Waals surface area contributed by atoms with Gasteiger partial charge in [0, 0.05) is 6.54 Å². The summed E-state index contributed by atoms with van der Waals surface area (Å²) in [4.78, 5) is 25.7. The van der Waals surface area contributed by atoms with Crippen molar-refractivity contribution in [2.75, 3.05) is 5.32 Å². The highest BCUT2D eigenvalue weighted by atomic mass is 19.4.